The lowest BCUT2D eigenvalue weighted by Gasteiger charge is -2.50. The van der Waals surface area contributed by atoms with Gasteiger partial charge in [-0.2, -0.15) is 0 Å². The quantitative estimate of drug-likeness (QED) is 0.226. The number of allylic oxidation sites excluding steroid dienone is 16. The van der Waals surface area contributed by atoms with Crippen molar-refractivity contribution in [3.63, 3.8) is 0 Å². The third kappa shape index (κ3) is 3.22. The Morgan fingerprint density at radius 2 is 1.59 bits per heavy atom. The molecule has 2 fully saturated rings. The molecule has 9 atom stereocenters. The van der Waals surface area contributed by atoms with E-state index < -0.39 is 0 Å². The minimum Gasteiger partial charge on any atom is -0.400 e. The van der Waals surface area contributed by atoms with Crippen molar-refractivity contribution in [2.24, 2.45) is 52.8 Å². The van der Waals surface area contributed by atoms with E-state index in [1.165, 1.54) is 63.3 Å². The molecule has 44 heavy (non-hydrogen) atoms. The van der Waals surface area contributed by atoms with Crippen LogP contribution in [0.2, 0.25) is 0 Å². The van der Waals surface area contributed by atoms with Crippen LogP contribution in [0.3, 0.4) is 0 Å². The second-order valence-corrected chi connectivity index (χ2v) is 17.0. The third-order valence-electron chi connectivity index (χ3n) is 15.0. The average molecular weight is 585 g/mol. The lowest BCUT2D eigenvalue weighted by atomic mass is 9.53. The van der Waals surface area contributed by atoms with Gasteiger partial charge in [0.25, 0.3) is 0 Å². The molecule has 0 radical (unpaired) electrons. The van der Waals surface area contributed by atoms with Gasteiger partial charge in [-0.15, -0.1) is 0 Å². The molecule has 0 bridgehead atoms. The SMILES string of the molecule is CC1(C)OB(C2=CC3C4CCC=CC4C4(C5=C(CCC=C5)C5=C6C=CCC7C8=C(C=CCC8)C(CC54)C67)C3CC2)OC1(C)C. The highest BCUT2D eigenvalue weighted by Crippen LogP contribution is 2.76. The summed E-state index contributed by atoms with van der Waals surface area (Å²) in [5.41, 5.74) is 11.9. The summed E-state index contributed by atoms with van der Waals surface area (Å²) in [5.74, 6) is 5.50. The summed E-state index contributed by atoms with van der Waals surface area (Å²) in [4.78, 5) is 0. The Hall–Kier alpha value is -2.10. The van der Waals surface area contributed by atoms with Crippen LogP contribution in [0.4, 0.5) is 0 Å². The number of hydrogen-bond acceptors (Lipinski definition) is 2. The van der Waals surface area contributed by atoms with E-state index in [0.29, 0.717) is 29.6 Å². The molecule has 9 aliphatic carbocycles. The maximum atomic E-state index is 6.67. The fourth-order valence-corrected chi connectivity index (χ4v) is 12.8. The van der Waals surface area contributed by atoms with E-state index in [9.17, 15) is 0 Å². The van der Waals surface area contributed by atoms with Crippen LogP contribution in [-0.4, -0.2) is 18.3 Å². The van der Waals surface area contributed by atoms with E-state index in [1.807, 2.05) is 11.1 Å². The van der Waals surface area contributed by atoms with Crippen LogP contribution < -0.4 is 0 Å². The zero-order valence-electron chi connectivity index (χ0n) is 27.3. The monoisotopic (exact) mass is 584 g/mol. The lowest BCUT2D eigenvalue weighted by molar-refractivity contribution is 0.00578. The summed E-state index contributed by atoms with van der Waals surface area (Å²) in [5, 5.41) is 0. The Morgan fingerprint density at radius 1 is 0.795 bits per heavy atom. The van der Waals surface area contributed by atoms with Gasteiger partial charge in [0.1, 0.15) is 0 Å². The van der Waals surface area contributed by atoms with Gasteiger partial charge in [0.2, 0.25) is 0 Å². The first-order valence-corrected chi connectivity index (χ1v) is 18.2. The van der Waals surface area contributed by atoms with E-state index in [4.69, 9.17) is 9.31 Å². The maximum absolute atomic E-state index is 6.67. The van der Waals surface area contributed by atoms with Crippen LogP contribution in [0.15, 0.2) is 93.6 Å². The Kier molecular flexibility index (Phi) is 5.56. The van der Waals surface area contributed by atoms with E-state index in [1.54, 1.807) is 22.3 Å². The molecule has 1 spiro atoms. The van der Waals surface area contributed by atoms with Crippen molar-refractivity contribution in [2.45, 2.75) is 103 Å². The molecule has 0 aromatic rings. The fraction of sp³-hybridized carbons (Fsp3) is 0.610. The summed E-state index contributed by atoms with van der Waals surface area (Å²) >= 11 is 0. The van der Waals surface area contributed by atoms with Crippen molar-refractivity contribution in [2.75, 3.05) is 0 Å². The molecule has 10 rings (SSSR count). The molecule has 3 heteroatoms. The van der Waals surface area contributed by atoms with E-state index in [0.717, 1.165) is 24.2 Å². The van der Waals surface area contributed by atoms with Crippen molar-refractivity contribution in [1.82, 2.24) is 0 Å². The highest BCUT2D eigenvalue weighted by Gasteiger charge is 2.69. The zero-order valence-corrected chi connectivity index (χ0v) is 27.3. The summed E-state index contributed by atoms with van der Waals surface area (Å²) in [6, 6.07) is 0. The molecule has 0 N–H and O–H groups in total. The second-order valence-electron chi connectivity index (χ2n) is 17.0. The van der Waals surface area contributed by atoms with Crippen molar-refractivity contribution < 1.29 is 9.31 Å². The molecule has 0 aromatic heterocycles. The van der Waals surface area contributed by atoms with Gasteiger partial charge >= 0.3 is 7.12 Å². The molecular formula is C41H49BO2. The van der Waals surface area contributed by atoms with E-state index in [2.05, 4.69) is 82.4 Å². The molecule has 0 amide bonds. The summed E-state index contributed by atoms with van der Waals surface area (Å²) in [7, 11) is -0.192. The summed E-state index contributed by atoms with van der Waals surface area (Å²) in [6.45, 7) is 8.81. The number of fused-ring (bicyclic) bond motifs is 11. The molecule has 228 valence electrons. The highest BCUT2D eigenvalue weighted by atomic mass is 16.7. The molecule has 1 saturated carbocycles. The van der Waals surface area contributed by atoms with Crippen LogP contribution in [0.5, 0.6) is 0 Å². The van der Waals surface area contributed by atoms with Crippen molar-refractivity contribution in [3.05, 3.63) is 93.6 Å². The molecule has 0 aromatic carbocycles. The molecule has 9 unspecified atom stereocenters. The predicted molar refractivity (Wildman–Crippen MR) is 178 cm³/mol. The van der Waals surface area contributed by atoms with Gasteiger partial charge in [-0.25, -0.2) is 0 Å². The standard InChI is InChI=1S/C41H49BO2/c1-39(2)40(3,4)44-42(43-39)24-20-21-35-31(22-24)27-14-7-9-18-33(27)41(35)34-19-10-8-15-29(34)38-30-17-11-16-28-25-12-5-6-13-26(25)32(37(28)30)23-36(38)41/h6,9-11,13,17-19,22,27-28,31-33,35-37H,5,7-8,12,14-16,20-21,23H2,1-4H3. The van der Waals surface area contributed by atoms with Crippen LogP contribution in [0.25, 0.3) is 0 Å². The van der Waals surface area contributed by atoms with Crippen LogP contribution in [0.1, 0.15) is 91.9 Å². The molecular weight excluding hydrogens is 535 g/mol. The van der Waals surface area contributed by atoms with Crippen LogP contribution >= 0.6 is 0 Å². The van der Waals surface area contributed by atoms with Crippen molar-refractivity contribution >= 4 is 7.12 Å². The van der Waals surface area contributed by atoms with E-state index in [-0.39, 0.29) is 23.7 Å². The Labute approximate surface area is 265 Å². The largest absolute Gasteiger partial charge is 0.490 e. The van der Waals surface area contributed by atoms with Crippen LogP contribution in [-0.2, 0) is 9.31 Å². The Morgan fingerprint density at radius 3 is 2.45 bits per heavy atom. The predicted octanol–water partition coefficient (Wildman–Crippen LogP) is 9.60. The molecule has 10 aliphatic rings. The number of rotatable bonds is 1. The fourth-order valence-electron chi connectivity index (χ4n) is 12.8. The molecule has 1 saturated heterocycles. The summed E-state index contributed by atoms with van der Waals surface area (Å²) < 4.78 is 13.3. The van der Waals surface area contributed by atoms with Crippen LogP contribution in [0, 0.1) is 52.8 Å². The number of hydrogen-bond donors (Lipinski definition) is 0. The average Bonchev–Trinajstić information content (AvgIpc) is 3.69. The first-order valence-electron chi connectivity index (χ1n) is 18.2. The van der Waals surface area contributed by atoms with Gasteiger partial charge < -0.3 is 9.31 Å². The maximum Gasteiger partial charge on any atom is 0.490 e. The lowest BCUT2D eigenvalue weighted by Crippen LogP contribution is -2.44. The van der Waals surface area contributed by atoms with Gasteiger partial charge in [0.05, 0.1) is 11.2 Å². The summed E-state index contributed by atoms with van der Waals surface area (Å²) in [6.07, 6.45) is 36.1. The highest BCUT2D eigenvalue weighted by molar-refractivity contribution is 6.54. The van der Waals surface area contributed by atoms with E-state index >= 15 is 0 Å². The third-order valence-corrected chi connectivity index (χ3v) is 15.0. The molecule has 2 nitrogen and oxygen atoms in total. The normalized spacial score (nSPS) is 45.0. The Balaban J connectivity index is 1.14. The van der Waals surface area contributed by atoms with Crippen molar-refractivity contribution in [1.29, 1.82) is 0 Å². The van der Waals surface area contributed by atoms with Gasteiger partial charge in [-0.1, -0.05) is 60.3 Å². The van der Waals surface area contributed by atoms with Gasteiger partial charge in [0.15, 0.2) is 0 Å². The molecule has 1 aliphatic heterocycles. The topological polar surface area (TPSA) is 18.5 Å². The van der Waals surface area contributed by atoms with Gasteiger partial charge in [-0.3, -0.25) is 0 Å². The van der Waals surface area contributed by atoms with Gasteiger partial charge in [-0.05, 0) is 173 Å². The smallest absolute Gasteiger partial charge is 0.400 e. The first kappa shape index (κ1) is 27.1. The minimum atomic E-state index is -0.284. The molecule has 1 heterocycles. The Bertz CT molecular complexity index is 1570. The minimum absolute atomic E-state index is 0.192. The first-order chi connectivity index (χ1) is 21.3. The second kappa shape index (κ2) is 9.04. The van der Waals surface area contributed by atoms with Crippen molar-refractivity contribution in [3.8, 4) is 0 Å². The zero-order chi connectivity index (χ0) is 29.6. The van der Waals surface area contributed by atoms with Gasteiger partial charge in [0, 0.05) is 5.41 Å².